The molecular formula is C10H25FSi2. The van der Waals surface area contributed by atoms with Gasteiger partial charge in [-0.2, -0.15) is 0 Å². The first kappa shape index (κ1) is 13.4. The molecule has 0 unspecified atom stereocenters. The second kappa shape index (κ2) is 5.30. The summed E-state index contributed by atoms with van der Waals surface area (Å²) < 4.78 is 14.8. The van der Waals surface area contributed by atoms with Crippen LogP contribution in [0.2, 0.25) is 30.2 Å². The Morgan fingerprint density at radius 1 is 0.692 bits per heavy atom. The molecule has 0 aromatic rings. The molecule has 0 spiro atoms. The Hall–Kier alpha value is 0.364. The van der Waals surface area contributed by atoms with Gasteiger partial charge in [0.15, 0.2) is 0 Å². The highest BCUT2D eigenvalue weighted by Crippen LogP contribution is 2.36. The summed E-state index contributed by atoms with van der Waals surface area (Å²) in [5, 5.41) is 0. The average molecular weight is 220 g/mol. The van der Waals surface area contributed by atoms with Crippen LogP contribution in [0.4, 0.5) is 4.11 Å². The predicted octanol–water partition coefficient (Wildman–Crippen LogP) is 4.53. The molecule has 0 heterocycles. The Bertz CT molecular complexity index is 132. The lowest BCUT2D eigenvalue weighted by molar-refractivity contribution is 0.785. The quantitative estimate of drug-likeness (QED) is 0.456. The largest absolute Gasteiger partial charge is 0.318 e. The van der Waals surface area contributed by atoms with E-state index in [2.05, 4.69) is 34.6 Å². The highest BCUT2D eigenvalue weighted by Gasteiger charge is 2.50. The van der Waals surface area contributed by atoms with Crippen molar-refractivity contribution in [3.8, 4) is 0 Å². The van der Waals surface area contributed by atoms with E-state index in [0.29, 0.717) is 0 Å². The smallest absolute Gasteiger partial charge is 0.233 e. The molecule has 0 nitrogen and oxygen atoms in total. The normalized spacial score (nSPS) is 13.4. The standard InChI is InChI=1S/C10H25FSi2/c1-6-12(7-2,8-3)13(11,9-4)10-5/h6-10H2,1-5H3. The van der Waals surface area contributed by atoms with Crippen LogP contribution in [0.15, 0.2) is 0 Å². The van der Waals surface area contributed by atoms with Crippen molar-refractivity contribution in [1.29, 1.82) is 0 Å². The molecule has 0 aliphatic carbocycles. The lowest BCUT2D eigenvalue weighted by Gasteiger charge is -2.39. The van der Waals surface area contributed by atoms with Gasteiger partial charge < -0.3 is 4.11 Å². The van der Waals surface area contributed by atoms with Crippen molar-refractivity contribution in [1.82, 2.24) is 0 Å². The fraction of sp³-hybridized carbons (Fsp3) is 1.00. The molecule has 80 valence electrons. The van der Waals surface area contributed by atoms with Crippen LogP contribution in [0.1, 0.15) is 34.6 Å². The van der Waals surface area contributed by atoms with Crippen molar-refractivity contribution in [3.05, 3.63) is 0 Å². The summed E-state index contributed by atoms with van der Waals surface area (Å²) >= 11 is 0. The van der Waals surface area contributed by atoms with E-state index in [0.717, 1.165) is 30.2 Å². The topological polar surface area (TPSA) is 0 Å². The van der Waals surface area contributed by atoms with Gasteiger partial charge in [0, 0.05) is 0 Å². The summed E-state index contributed by atoms with van der Waals surface area (Å²) in [6.45, 7) is 10.8. The number of hydrogen-bond acceptors (Lipinski definition) is 0. The molecule has 0 rings (SSSR count). The van der Waals surface area contributed by atoms with E-state index in [4.69, 9.17) is 0 Å². The van der Waals surface area contributed by atoms with Crippen LogP contribution in [-0.4, -0.2) is 15.5 Å². The van der Waals surface area contributed by atoms with Gasteiger partial charge in [0.2, 0.25) is 7.93 Å². The molecule has 0 aliphatic rings. The van der Waals surface area contributed by atoms with Gasteiger partial charge in [-0.05, 0) is 12.1 Å². The zero-order chi connectivity index (χ0) is 10.5. The molecule has 0 amide bonds. The SMILES string of the molecule is CC[Si](F)(CC)[Si](CC)(CC)CC. The van der Waals surface area contributed by atoms with Gasteiger partial charge in [0.05, 0.1) is 7.59 Å². The van der Waals surface area contributed by atoms with Crippen molar-refractivity contribution in [2.75, 3.05) is 0 Å². The van der Waals surface area contributed by atoms with Crippen LogP contribution in [0, 0.1) is 0 Å². The van der Waals surface area contributed by atoms with E-state index < -0.39 is 15.5 Å². The van der Waals surface area contributed by atoms with Crippen LogP contribution >= 0.6 is 0 Å². The van der Waals surface area contributed by atoms with E-state index in [1.54, 1.807) is 0 Å². The second-order valence-corrected chi connectivity index (χ2v) is 17.9. The maximum absolute atomic E-state index is 14.8. The number of halogens is 1. The second-order valence-electron chi connectivity index (χ2n) is 4.01. The molecule has 0 aromatic carbocycles. The third-order valence-corrected chi connectivity index (χ3v) is 23.3. The molecule has 0 saturated carbocycles. The summed E-state index contributed by atoms with van der Waals surface area (Å²) in [4.78, 5) is 0. The summed E-state index contributed by atoms with van der Waals surface area (Å²) in [6, 6.07) is 5.18. The van der Waals surface area contributed by atoms with E-state index in [1.165, 1.54) is 0 Å². The zero-order valence-corrected chi connectivity index (χ0v) is 11.9. The Kier molecular flexibility index (Phi) is 5.44. The molecule has 0 saturated heterocycles. The highest BCUT2D eigenvalue weighted by molar-refractivity contribution is 7.39. The molecule has 0 radical (unpaired) electrons. The monoisotopic (exact) mass is 220 g/mol. The number of rotatable bonds is 6. The van der Waals surface area contributed by atoms with Crippen LogP contribution in [0.25, 0.3) is 0 Å². The van der Waals surface area contributed by atoms with Gasteiger partial charge >= 0.3 is 0 Å². The van der Waals surface area contributed by atoms with E-state index in [9.17, 15) is 4.11 Å². The minimum Gasteiger partial charge on any atom is -0.318 e. The van der Waals surface area contributed by atoms with Crippen molar-refractivity contribution >= 4 is 15.5 Å². The van der Waals surface area contributed by atoms with Crippen LogP contribution in [-0.2, 0) is 0 Å². The molecule has 13 heavy (non-hydrogen) atoms. The van der Waals surface area contributed by atoms with Gasteiger partial charge in [-0.3, -0.25) is 0 Å². The first-order valence-electron chi connectivity index (χ1n) is 5.74. The summed E-state index contributed by atoms with van der Waals surface area (Å²) in [5.41, 5.74) is 0. The van der Waals surface area contributed by atoms with Crippen molar-refractivity contribution in [2.45, 2.75) is 64.8 Å². The third-order valence-electron chi connectivity index (χ3n) is 4.10. The predicted molar refractivity (Wildman–Crippen MR) is 65.0 cm³/mol. The van der Waals surface area contributed by atoms with E-state index >= 15 is 0 Å². The Balaban J connectivity index is 4.87. The lowest BCUT2D eigenvalue weighted by Crippen LogP contribution is -2.58. The van der Waals surface area contributed by atoms with Gasteiger partial charge in [-0.15, -0.1) is 0 Å². The van der Waals surface area contributed by atoms with Crippen molar-refractivity contribution in [2.24, 2.45) is 0 Å². The summed E-state index contributed by atoms with van der Waals surface area (Å²) in [6.07, 6.45) is 0. The van der Waals surface area contributed by atoms with Crippen molar-refractivity contribution < 1.29 is 4.11 Å². The Morgan fingerprint density at radius 3 is 1.08 bits per heavy atom. The Morgan fingerprint density at radius 2 is 1.00 bits per heavy atom. The fourth-order valence-electron chi connectivity index (χ4n) is 2.70. The van der Waals surface area contributed by atoms with Crippen LogP contribution in [0.5, 0.6) is 0 Å². The molecule has 0 fully saturated rings. The lowest BCUT2D eigenvalue weighted by atomic mass is 10.9. The van der Waals surface area contributed by atoms with E-state index in [1.807, 2.05) is 0 Å². The average Bonchev–Trinajstić information content (AvgIpc) is 2.20. The van der Waals surface area contributed by atoms with Crippen molar-refractivity contribution in [3.63, 3.8) is 0 Å². The van der Waals surface area contributed by atoms with Gasteiger partial charge in [0.25, 0.3) is 0 Å². The van der Waals surface area contributed by atoms with Gasteiger partial charge in [0.1, 0.15) is 0 Å². The fourth-order valence-corrected chi connectivity index (χ4v) is 18.3. The maximum atomic E-state index is 14.8. The minimum atomic E-state index is -2.34. The van der Waals surface area contributed by atoms with Crippen LogP contribution < -0.4 is 0 Å². The van der Waals surface area contributed by atoms with E-state index in [-0.39, 0.29) is 0 Å². The van der Waals surface area contributed by atoms with Gasteiger partial charge in [-0.1, -0.05) is 52.8 Å². The first-order valence-corrected chi connectivity index (χ1v) is 11.7. The molecule has 3 heteroatoms. The maximum Gasteiger partial charge on any atom is 0.233 e. The molecule has 0 N–H and O–H groups in total. The van der Waals surface area contributed by atoms with Gasteiger partial charge in [-0.25, -0.2) is 0 Å². The first-order chi connectivity index (χ1) is 6.05. The minimum absolute atomic E-state index is 0.852. The summed E-state index contributed by atoms with van der Waals surface area (Å²) in [5.74, 6) is 0. The molecule has 0 aliphatic heterocycles. The molecule has 0 atom stereocenters. The summed E-state index contributed by atoms with van der Waals surface area (Å²) in [7, 11) is -3.84. The molecule has 0 aromatic heterocycles. The zero-order valence-electron chi connectivity index (χ0n) is 9.91. The highest BCUT2D eigenvalue weighted by atomic mass is 29.3. The van der Waals surface area contributed by atoms with Crippen LogP contribution in [0.3, 0.4) is 0 Å². The molecule has 0 bridgehead atoms. The third kappa shape index (κ3) is 2.24. The molecular weight excluding hydrogens is 195 g/mol. The number of hydrogen-bond donors (Lipinski definition) is 0. The Labute approximate surface area is 84.9 Å².